The number of hydrogen-bond acceptors (Lipinski definition) is 2. The Labute approximate surface area is 150 Å². The molecule has 0 aromatic heterocycles. The van der Waals surface area contributed by atoms with Gasteiger partial charge in [0.1, 0.15) is 0 Å². The third-order valence-electron chi connectivity index (χ3n) is 5.42. The van der Waals surface area contributed by atoms with Crippen LogP contribution in [0.2, 0.25) is 0 Å². The maximum atomic E-state index is 12.8. The number of aliphatic hydroxyl groups excluding tert-OH is 1. The van der Waals surface area contributed by atoms with Gasteiger partial charge >= 0.3 is 0 Å². The van der Waals surface area contributed by atoms with Crippen molar-refractivity contribution in [2.24, 2.45) is 0 Å². The number of carbonyl (C=O) groups is 1. The number of halogens is 1. The standard InChI is InChI=1S/C20H20BrNO2/c21-16-8-4-7-14-9-10-17-15(20(14)16)11-19(24)22(17)18(12-23)13-5-2-1-3-6-13/h1-8,15,17-18,23H,9-12H2/t15-,17-,18-/m0/s1. The van der Waals surface area contributed by atoms with E-state index in [0.717, 1.165) is 22.9 Å². The maximum Gasteiger partial charge on any atom is 0.224 e. The van der Waals surface area contributed by atoms with Gasteiger partial charge in [0.25, 0.3) is 0 Å². The van der Waals surface area contributed by atoms with Gasteiger partial charge < -0.3 is 10.0 Å². The highest BCUT2D eigenvalue weighted by Crippen LogP contribution is 2.47. The van der Waals surface area contributed by atoms with Gasteiger partial charge in [0.15, 0.2) is 0 Å². The number of likely N-dealkylation sites (tertiary alicyclic amines) is 1. The molecular weight excluding hydrogens is 366 g/mol. The summed E-state index contributed by atoms with van der Waals surface area (Å²) in [4.78, 5) is 14.8. The summed E-state index contributed by atoms with van der Waals surface area (Å²) in [7, 11) is 0. The molecule has 0 saturated carbocycles. The van der Waals surface area contributed by atoms with Crippen LogP contribution < -0.4 is 0 Å². The van der Waals surface area contributed by atoms with E-state index in [4.69, 9.17) is 0 Å². The first-order valence-corrected chi connectivity index (χ1v) is 9.24. The molecule has 1 saturated heterocycles. The lowest BCUT2D eigenvalue weighted by atomic mass is 9.79. The van der Waals surface area contributed by atoms with Crippen molar-refractivity contribution in [3.05, 3.63) is 69.7 Å². The molecule has 24 heavy (non-hydrogen) atoms. The van der Waals surface area contributed by atoms with E-state index in [9.17, 15) is 9.90 Å². The smallest absolute Gasteiger partial charge is 0.224 e. The monoisotopic (exact) mass is 385 g/mol. The van der Waals surface area contributed by atoms with Crippen molar-refractivity contribution in [3.63, 3.8) is 0 Å². The van der Waals surface area contributed by atoms with E-state index in [1.807, 2.05) is 35.2 Å². The topological polar surface area (TPSA) is 40.5 Å². The first kappa shape index (κ1) is 15.9. The first-order chi connectivity index (χ1) is 11.7. The Morgan fingerprint density at radius 2 is 1.96 bits per heavy atom. The zero-order chi connectivity index (χ0) is 16.7. The number of aryl methyl sites for hydroxylation is 1. The molecule has 1 aliphatic carbocycles. The molecule has 1 aliphatic heterocycles. The number of carbonyl (C=O) groups excluding carboxylic acids is 1. The van der Waals surface area contributed by atoms with Crippen LogP contribution in [-0.2, 0) is 11.2 Å². The summed E-state index contributed by atoms with van der Waals surface area (Å²) in [5.41, 5.74) is 3.64. The van der Waals surface area contributed by atoms with E-state index in [-0.39, 0.29) is 30.5 Å². The van der Waals surface area contributed by atoms with Crippen LogP contribution >= 0.6 is 15.9 Å². The quantitative estimate of drug-likeness (QED) is 0.872. The molecule has 4 rings (SSSR count). The summed E-state index contributed by atoms with van der Waals surface area (Å²) in [5, 5.41) is 9.99. The Balaban J connectivity index is 1.72. The van der Waals surface area contributed by atoms with Crippen molar-refractivity contribution in [2.45, 2.75) is 37.3 Å². The van der Waals surface area contributed by atoms with Crippen molar-refractivity contribution in [3.8, 4) is 0 Å². The Hall–Kier alpha value is -1.65. The van der Waals surface area contributed by atoms with Crippen LogP contribution in [-0.4, -0.2) is 28.6 Å². The lowest BCUT2D eigenvalue weighted by molar-refractivity contribution is -0.132. The number of nitrogens with zero attached hydrogens (tertiary/aromatic N) is 1. The van der Waals surface area contributed by atoms with E-state index in [2.05, 4.69) is 34.1 Å². The SMILES string of the molecule is O=C1C[C@@H]2c3c(Br)cccc3CC[C@@H]2N1[C@@H](CO)c1ccccc1. The van der Waals surface area contributed by atoms with E-state index in [1.54, 1.807) is 0 Å². The molecule has 0 unspecified atom stereocenters. The molecule has 2 aromatic rings. The van der Waals surface area contributed by atoms with E-state index in [1.165, 1.54) is 11.1 Å². The Morgan fingerprint density at radius 3 is 2.71 bits per heavy atom. The number of amides is 1. The lowest BCUT2D eigenvalue weighted by Crippen LogP contribution is -2.41. The number of aliphatic hydroxyl groups is 1. The molecule has 3 nitrogen and oxygen atoms in total. The molecular formula is C20H20BrNO2. The minimum atomic E-state index is -0.252. The molecule has 1 heterocycles. The second-order valence-corrected chi connectivity index (χ2v) is 7.49. The van der Waals surface area contributed by atoms with Crippen LogP contribution in [0, 0.1) is 0 Å². The predicted octanol–water partition coefficient (Wildman–Crippen LogP) is 3.81. The third-order valence-corrected chi connectivity index (χ3v) is 6.11. The third kappa shape index (κ3) is 2.49. The van der Waals surface area contributed by atoms with Crippen LogP contribution in [0.1, 0.15) is 41.5 Å². The van der Waals surface area contributed by atoms with Crippen LogP contribution in [0.5, 0.6) is 0 Å². The van der Waals surface area contributed by atoms with Gasteiger partial charge in [-0.1, -0.05) is 58.4 Å². The van der Waals surface area contributed by atoms with Crippen LogP contribution in [0.25, 0.3) is 0 Å². The molecule has 124 valence electrons. The Kier molecular flexibility index (Phi) is 4.19. The van der Waals surface area contributed by atoms with Gasteiger partial charge in [-0.05, 0) is 35.6 Å². The van der Waals surface area contributed by atoms with E-state index < -0.39 is 0 Å². The van der Waals surface area contributed by atoms with Gasteiger partial charge in [-0.3, -0.25) is 4.79 Å². The molecule has 0 bridgehead atoms. The molecule has 0 spiro atoms. The van der Waals surface area contributed by atoms with Crippen molar-refractivity contribution >= 4 is 21.8 Å². The molecule has 2 aliphatic rings. The molecule has 1 amide bonds. The van der Waals surface area contributed by atoms with Crippen molar-refractivity contribution in [1.29, 1.82) is 0 Å². The fourth-order valence-electron chi connectivity index (χ4n) is 4.40. The van der Waals surface area contributed by atoms with Crippen LogP contribution in [0.4, 0.5) is 0 Å². The Morgan fingerprint density at radius 1 is 1.17 bits per heavy atom. The molecule has 1 N–H and O–H groups in total. The fraction of sp³-hybridized carbons (Fsp3) is 0.350. The zero-order valence-corrected chi connectivity index (χ0v) is 14.9. The summed E-state index contributed by atoms with van der Waals surface area (Å²) in [5.74, 6) is 0.367. The van der Waals surface area contributed by atoms with Crippen molar-refractivity contribution in [1.82, 2.24) is 4.90 Å². The van der Waals surface area contributed by atoms with Gasteiger partial charge in [0.05, 0.1) is 12.6 Å². The normalized spacial score (nSPS) is 23.8. The molecule has 0 radical (unpaired) electrons. The van der Waals surface area contributed by atoms with Gasteiger partial charge in [0, 0.05) is 22.9 Å². The van der Waals surface area contributed by atoms with Crippen molar-refractivity contribution < 1.29 is 9.90 Å². The lowest BCUT2D eigenvalue weighted by Gasteiger charge is -2.37. The number of fused-ring (bicyclic) bond motifs is 3. The second-order valence-electron chi connectivity index (χ2n) is 6.64. The average molecular weight is 386 g/mol. The maximum absolute atomic E-state index is 12.8. The second kappa shape index (κ2) is 6.34. The number of rotatable bonds is 3. The summed E-state index contributed by atoms with van der Waals surface area (Å²) in [6.45, 7) is -0.0399. The van der Waals surface area contributed by atoms with E-state index >= 15 is 0 Å². The van der Waals surface area contributed by atoms with Gasteiger partial charge in [-0.15, -0.1) is 0 Å². The molecule has 2 aromatic carbocycles. The summed E-state index contributed by atoms with van der Waals surface area (Å²) >= 11 is 3.68. The summed E-state index contributed by atoms with van der Waals surface area (Å²) in [6.07, 6.45) is 2.47. The minimum Gasteiger partial charge on any atom is -0.394 e. The molecule has 4 heteroatoms. The highest BCUT2D eigenvalue weighted by atomic mass is 79.9. The fourth-order valence-corrected chi connectivity index (χ4v) is 5.10. The Bertz CT molecular complexity index is 761. The van der Waals surface area contributed by atoms with E-state index in [0.29, 0.717) is 6.42 Å². The predicted molar refractivity (Wildman–Crippen MR) is 96.7 cm³/mol. The van der Waals surface area contributed by atoms with Gasteiger partial charge in [-0.25, -0.2) is 0 Å². The highest BCUT2D eigenvalue weighted by molar-refractivity contribution is 9.10. The number of hydrogen-bond donors (Lipinski definition) is 1. The molecule has 3 atom stereocenters. The van der Waals surface area contributed by atoms with Gasteiger partial charge in [0.2, 0.25) is 5.91 Å². The first-order valence-electron chi connectivity index (χ1n) is 8.45. The average Bonchev–Trinajstić information content (AvgIpc) is 2.93. The largest absolute Gasteiger partial charge is 0.394 e. The number of benzene rings is 2. The van der Waals surface area contributed by atoms with Gasteiger partial charge in [-0.2, -0.15) is 0 Å². The van der Waals surface area contributed by atoms with Crippen molar-refractivity contribution in [2.75, 3.05) is 6.61 Å². The summed E-state index contributed by atoms with van der Waals surface area (Å²) < 4.78 is 1.10. The van der Waals surface area contributed by atoms with Crippen LogP contribution in [0.3, 0.4) is 0 Å². The zero-order valence-electron chi connectivity index (χ0n) is 13.4. The highest BCUT2D eigenvalue weighted by Gasteiger charge is 2.46. The molecule has 1 fully saturated rings. The summed E-state index contributed by atoms with van der Waals surface area (Å²) in [6, 6.07) is 16.1. The minimum absolute atomic E-state index is 0.0399. The van der Waals surface area contributed by atoms with Crippen LogP contribution in [0.15, 0.2) is 53.0 Å².